The third kappa shape index (κ3) is 3.94. The lowest BCUT2D eigenvalue weighted by Gasteiger charge is -2.23. The van der Waals surface area contributed by atoms with Crippen molar-refractivity contribution in [2.75, 3.05) is 6.61 Å². The summed E-state index contributed by atoms with van der Waals surface area (Å²) in [5.74, 6) is -4.52. The smallest absolute Gasteiger partial charge is 0.398 e. The van der Waals surface area contributed by atoms with Crippen LogP contribution in [-0.4, -0.2) is 48.5 Å². The van der Waals surface area contributed by atoms with Crippen LogP contribution in [0.1, 0.15) is 21.8 Å². The van der Waals surface area contributed by atoms with Crippen molar-refractivity contribution in [3.8, 4) is 16.9 Å². The van der Waals surface area contributed by atoms with Crippen molar-refractivity contribution >= 4 is 17.6 Å². The minimum atomic E-state index is -5.03. The molecular formula is C18H14ClF3N4O4. The lowest BCUT2D eigenvalue weighted by atomic mass is 9.90. The van der Waals surface area contributed by atoms with Crippen molar-refractivity contribution in [2.45, 2.75) is 12.1 Å². The molecule has 0 bridgehead atoms. The zero-order valence-electron chi connectivity index (χ0n) is 15.3. The van der Waals surface area contributed by atoms with E-state index in [2.05, 4.69) is 10.2 Å². The molecule has 3 aromatic rings. The topological polar surface area (TPSA) is 110 Å². The van der Waals surface area contributed by atoms with Crippen LogP contribution in [0.2, 0.25) is 5.02 Å². The van der Waals surface area contributed by atoms with Crippen molar-refractivity contribution in [1.29, 1.82) is 0 Å². The van der Waals surface area contributed by atoms with Gasteiger partial charge in [-0.3, -0.25) is 9.48 Å². The van der Waals surface area contributed by atoms with E-state index in [1.54, 1.807) is 0 Å². The van der Waals surface area contributed by atoms with E-state index in [0.29, 0.717) is 4.68 Å². The van der Waals surface area contributed by atoms with Crippen molar-refractivity contribution in [3.63, 3.8) is 0 Å². The molecule has 0 saturated heterocycles. The maximum atomic E-state index is 13.6. The van der Waals surface area contributed by atoms with E-state index in [9.17, 15) is 33.0 Å². The summed E-state index contributed by atoms with van der Waals surface area (Å²) in [6.45, 7) is -1.47. The molecule has 2 aromatic heterocycles. The first-order chi connectivity index (χ1) is 14.0. The van der Waals surface area contributed by atoms with Gasteiger partial charge < -0.3 is 10.2 Å². The van der Waals surface area contributed by atoms with Crippen molar-refractivity contribution < 1.29 is 28.2 Å². The molecule has 30 heavy (non-hydrogen) atoms. The highest BCUT2D eigenvalue weighted by molar-refractivity contribution is 6.30. The Morgan fingerprint density at radius 2 is 1.90 bits per heavy atom. The fourth-order valence-corrected chi connectivity index (χ4v) is 3.08. The average molecular weight is 443 g/mol. The minimum Gasteiger partial charge on any atom is -0.477 e. The summed E-state index contributed by atoms with van der Waals surface area (Å²) in [7, 11) is 1.53. The SMILES string of the molecule is Cn1cc(-n2nc(-c3ccc(Cl)cc3)c([C@H](CO)C(F)(F)F)c(C(=O)O)c2=O)cn1. The maximum Gasteiger partial charge on any atom is 0.398 e. The van der Waals surface area contributed by atoms with Gasteiger partial charge in [-0.2, -0.15) is 28.1 Å². The van der Waals surface area contributed by atoms with Crippen LogP contribution >= 0.6 is 11.6 Å². The molecular weight excluding hydrogens is 429 g/mol. The highest BCUT2D eigenvalue weighted by atomic mass is 35.5. The molecule has 0 saturated carbocycles. The average Bonchev–Trinajstić information content (AvgIpc) is 3.08. The van der Waals surface area contributed by atoms with E-state index in [-0.39, 0.29) is 16.3 Å². The number of carbonyl (C=O) groups is 1. The Labute approximate surface area is 171 Å². The highest BCUT2D eigenvalue weighted by Gasteiger charge is 2.45. The predicted molar refractivity (Wildman–Crippen MR) is 99.9 cm³/mol. The van der Waals surface area contributed by atoms with E-state index in [1.807, 2.05) is 0 Å². The van der Waals surface area contributed by atoms with E-state index in [4.69, 9.17) is 11.6 Å². The number of hydrogen-bond acceptors (Lipinski definition) is 5. The number of halogens is 4. The second kappa shape index (κ2) is 7.92. The standard InChI is InChI=1S/C18H14ClF3N4O4/c1-25-7-11(6-23-25)26-16(28)14(17(29)30)13(12(8-27)18(20,21)22)15(24-26)9-2-4-10(19)5-3-9/h2-7,12,27H,8H2,1H3,(H,29,30)/t12-/m0/s1. The second-order valence-electron chi connectivity index (χ2n) is 6.32. The molecule has 2 heterocycles. The molecule has 0 fully saturated rings. The number of carboxylic acid groups (broad SMARTS) is 1. The van der Waals surface area contributed by atoms with Crippen LogP contribution < -0.4 is 5.56 Å². The van der Waals surface area contributed by atoms with Gasteiger partial charge in [0.25, 0.3) is 5.56 Å². The lowest BCUT2D eigenvalue weighted by molar-refractivity contribution is -0.158. The van der Waals surface area contributed by atoms with E-state index in [0.717, 1.165) is 0 Å². The fourth-order valence-electron chi connectivity index (χ4n) is 2.96. The van der Waals surface area contributed by atoms with E-state index >= 15 is 0 Å². The summed E-state index contributed by atoms with van der Waals surface area (Å²) in [4.78, 5) is 24.7. The predicted octanol–water partition coefficient (Wildman–Crippen LogP) is 2.62. The Balaban J connectivity index is 2.47. The monoisotopic (exact) mass is 442 g/mol. The van der Waals surface area contributed by atoms with Crippen LogP contribution in [0.25, 0.3) is 16.9 Å². The lowest BCUT2D eigenvalue weighted by Crippen LogP contribution is -2.35. The van der Waals surface area contributed by atoms with Gasteiger partial charge in [-0.15, -0.1) is 0 Å². The Morgan fingerprint density at radius 3 is 2.37 bits per heavy atom. The van der Waals surface area contributed by atoms with Crippen molar-refractivity contribution in [1.82, 2.24) is 19.6 Å². The Bertz CT molecular complexity index is 1160. The molecule has 12 heteroatoms. The van der Waals surface area contributed by atoms with Crippen molar-refractivity contribution in [2.24, 2.45) is 7.05 Å². The molecule has 0 radical (unpaired) electrons. The van der Waals surface area contributed by atoms with E-state index in [1.165, 1.54) is 48.4 Å². The van der Waals surface area contributed by atoms with Gasteiger partial charge in [-0.25, -0.2) is 4.79 Å². The summed E-state index contributed by atoms with van der Waals surface area (Å²) >= 11 is 5.84. The Morgan fingerprint density at radius 1 is 1.27 bits per heavy atom. The first-order valence-electron chi connectivity index (χ1n) is 8.37. The number of nitrogens with zero attached hydrogens (tertiary/aromatic N) is 4. The van der Waals surface area contributed by atoms with Crippen LogP contribution in [-0.2, 0) is 7.05 Å². The summed E-state index contributed by atoms with van der Waals surface area (Å²) in [5, 5.41) is 27.2. The van der Waals surface area contributed by atoms with Crippen LogP contribution in [0.4, 0.5) is 13.2 Å². The zero-order valence-corrected chi connectivity index (χ0v) is 16.0. The summed E-state index contributed by atoms with van der Waals surface area (Å²) in [6.07, 6.45) is -2.48. The number of aromatic carboxylic acids is 1. The van der Waals surface area contributed by atoms with Gasteiger partial charge in [0.05, 0.1) is 24.7 Å². The number of aliphatic hydroxyl groups is 1. The molecule has 2 N–H and O–H groups in total. The third-order valence-electron chi connectivity index (χ3n) is 4.32. The number of aliphatic hydroxyl groups excluding tert-OH is 1. The molecule has 0 aliphatic rings. The van der Waals surface area contributed by atoms with Gasteiger partial charge in [0.15, 0.2) is 0 Å². The van der Waals surface area contributed by atoms with Crippen LogP contribution in [0, 0.1) is 0 Å². The van der Waals surface area contributed by atoms with Crippen molar-refractivity contribution in [3.05, 3.63) is 63.2 Å². The molecule has 8 nitrogen and oxygen atoms in total. The van der Waals surface area contributed by atoms with E-state index < -0.39 is 47.1 Å². The minimum absolute atomic E-state index is 0.0549. The van der Waals surface area contributed by atoms with Gasteiger partial charge in [0.1, 0.15) is 17.2 Å². The van der Waals surface area contributed by atoms with Gasteiger partial charge >= 0.3 is 12.1 Å². The normalized spacial score (nSPS) is 12.7. The van der Waals surface area contributed by atoms with Crippen LogP contribution in [0.15, 0.2) is 41.5 Å². The molecule has 0 aliphatic carbocycles. The zero-order chi connectivity index (χ0) is 22.2. The largest absolute Gasteiger partial charge is 0.477 e. The number of alkyl halides is 3. The Kier molecular flexibility index (Phi) is 5.68. The molecule has 1 atom stereocenters. The second-order valence-corrected chi connectivity index (χ2v) is 6.75. The molecule has 3 rings (SSSR count). The number of hydrogen-bond donors (Lipinski definition) is 2. The number of aryl methyl sites for hydroxylation is 1. The number of aromatic nitrogens is 4. The Hall–Kier alpha value is -3.18. The summed E-state index contributed by atoms with van der Waals surface area (Å²) < 4.78 is 42.9. The molecule has 0 unspecified atom stereocenters. The maximum absolute atomic E-state index is 13.6. The molecule has 0 amide bonds. The molecule has 0 aliphatic heterocycles. The third-order valence-corrected chi connectivity index (χ3v) is 4.58. The van der Waals surface area contributed by atoms with Crippen LogP contribution in [0.5, 0.6) is 0 Å². The van der Waals surface area contributed by atoms with Crippen LogP contribution in [0.3, 0.4) is 0 Å². The van der Waals surface area contributed by atoms with Gasteiger partial charge in [0.2, 0.25) is 0 Å². The first kappa shape index (κ1) is 21.5. The number of rotatable bonds is 5. The number of benzene rings is 1. The van der Waals surface area contributed by atoms with Gasteiger partial charge in [-0.1, -0.05) is 23.7 Å². The molecule has 158 valence electrons. The van der Waals surface area contributed by atoms with Gasteiger partial charge in [0, 0.05) is 23.2 Å². The summed E-state index contributed by atoms with van der Waals surface area (Å²) in [5.41, 5.74) is -3.65. The quantitative estimate of drug-likeness (QED) is 0.628. The summed E-state index contributed by atoms with van der Waals surface area (Å²) in [6, 6.07) is 5.43. The first-order valence-corrected chi connectivity index (χ1v) is 8.75. The molecule has 0 spiro atoms. The highest BCUT2D eigenvalue weighted by Crippen LogP contribution is 2.40. The fraction of sp³-hybridized carbons (Fsp3) is 0.222. The van der Waals surface area contributed by atoms with Gasteiger partial charge in [-0.05, 0) is 12.1 Å². The molecule has 1 aromatic carbocycles. The number of carboxylic acids is 1.